The van der Waals surface area contributed by atoms with E-state index < -0.39 is 5.60 Å². The lowest BCUT2D eigenvalue weighted by Crippen LogP contribution is -2.47. The number of piperidine rings is 1. The Hall–Kier alpha value is -1.79. The minimum atomic E-state index is -0.409. The van der Waals surface area contributed by atoms with Crippen LogP contribution in [0.2, 0.25) is 0 Å². The highest BCUT2D eigenvalue weighted by atomic mass is 16.6. The van der Waals surface area contributed by atoms with Gasteiger partial charge in [0.25, 0.3) is 0 Å². The lowest BCUT2D eigenvalue weighted by atomic mass is 9.65. The van der Waals surface area contributed by atoms with Crippen LogP contribution < -0.4 is 4.74 Å². The second-order valence-corrected chi connectivity index (χ2v) is 12.2. The molecule has 0 N–H and O–H groups in total. The van der Waals surface area contributed by atoms with Gasteiger partial charge in [0.05, 0.1) is 7.11 Å². The summed E-state index contributed by atoms with van der Waals surface area (Å²) in [6.07, 6.45) is 8.92. The Balaban J connectivity index is 1.11. The van der Waals surface area contributed by atoms with Crippen LogP contribution in [0.4, 0.5) is 4.79 Å². The van der Waals surface area contributed by atoms with Crippen molar-refractivity contribution in [2.45, 2.75) is 77.9 Å². The number of amides is 1. The molecule has 3 fully saturated rings. The second-order valence-electron chi connectivity index (χ2n) is 12.2. The van der Waals surface area contributed by atoms with Gasteiger partial charge in [0.1, 0.15) is 11.4 Å². The summed E-state index contributed by atoms with van der Waals surface area (Å²) in [7, 11) is 1.72. The van der Waals surface area contributed by atoms with Crippen LogP contribution in [0.15, 0.2) is 24.3 Å². The van der Waals surface area contributed by atoms with Gasteiger partial charge < -0.3 is 19.3 Å². The van der Waals surface area contributed by atoms with E-state index in [1.807, 2.05) is 25.7 Å². The molecule has 1 aromatic carbocycles. The Morgan fingerprint density at radius 3 is 2.09 bits per heavy atom. The second kappa shape index (κ2) is 11.5. The van der Waals surface area contributed by atoms with E-state index in [-0.39, 0.29) is 6.09 Å². The minimum Gasteiger partial charge on any atom is -0.497 e. The van der Waals surface area contributed by atoms with Crippen molar-refractivity contribution in [1.29, 1.82) is 0 Å². The smallest absolute Gasteiger partial charge is 0.410 e. The van der Waals surface area contributed by atoms with E-state index in [0.717, 1.165) is 57.2 Å². The largest absolute Gasteiger partial charge is 0.497 e. The van der Waals surface area contributed by atoms with Crippen LogP contribution in [-0.4, -0.2) is 79.3 Å². The fourth-order valence-electron chi connectivity index (χ4n) is 6.09. The molecule has 0 atom stereocenters. The average molecular weight is 486 g/mol. The molecular weight excluding hydrogens is 438 g/mol. The number of ether oxygens (including phenoxy) is 2. The van der Waals surface area contributed by atoms with Crippen LogP contribution in [0.3, 0.4) is 0 Å². The third-order valence-corrected chi connectivity index (χ3v) is 8.53. The molecule has 6 nitrogen and oxygen atoms in total. The monoisotopic (exact) mass is 485 g/mol. The summed E-state index contributed by atoms with van der Waals surface area (Å²) in [5.74, 6) is 1.81. The molecule has 0 bridgehead atoms. The van der Waals surface area contributed by atoms with Crippen LogP contribution in [0.5, 0.6) is 5.75 Å². The van der Waals surface area contributed by atoms with Crippen molar-refractivity contribution in [3.05, 3.63) is 29.8 Å². The molecule has 196 valence electrons. The zero-order valence-corrected chi connectivity index (χ0v) is 22.6. The lowest BCUT2D eigenvalue weighted by molar-refractivity contribution is 0.000642. The third kappa shape index (κ3) is 7.60. The van der Waals surface area contributed by atoms with Crippen LogP contribution in [0, 0.1) is 11.3 Å². The molecule has 1 saturated carbocycles. The van der Waals surface area contributed by atoms with Crippen molar-refractivity contribution in [2.75, 3.05) is 52.9 Å². The summed E-state index contributed by atoms with van der Waals surface area (Å²) in [4.78, 5) is 19.6. The van der Waals surface area contributed by atoms with Crippen LogP contribution in [-0.2, 0) is 11.3 Å². The van der Waals surface area contributed by atoms with Crippen LogP contribution >= 0.6 is 0 Å². The highest BCUT2D eigenvalue weighted by Gasteiger charge is 2.39. The van der Waals surface area contributed by atoms with Gasteiger partial charge in [-0.25, -0.2) is 4.79 Å². The minimum absolute atomic E-state index is 0.134. The molecule has 0 radical (unpaired) electrons. The maximum atomic E-state index is 12.4. The number of carbonyl (C=O) groups is 1. The number of methoxy groups -OCH3 is 1. The first kappa shape index (κ1) is 26.3. The fourth-order valence-corrected chi connectivity index (χ4v) is 6.09. The Bertz CT molecular complexity index is 793. The van der Waals surface area contributed by atoms with Crippen molar-refractivity contribution in [2.24, 2.45) is 11.3 Å². The van der Waals surface area contributed by atoms with Gasteiger partial charge >= 0.3 is 6.09 Å². The summed E-state index contributed by atoms with van der Waals surface area (Å²) >= 11 is 0. The highest BCUT2D eigenvalue weighted by molar-refractivity contribution is 5.68. The summed E-state index contributed by atoms with van der Waals surface area (Å²) < 4.78 is 10.8. The Morgan fingerprint density at radius 2 is 1.51 bits per heavy atom. The van der Waals surface area contributed by atoms with Gasteiger partial charge in [-0.2, -0.15) is 0 Å². The first-order valence-electron chi connectivity index (χ1n) is 13.8. The maximum absolute atomic E-state index is 12.4. The van der Waals surface area contributed by atoms with E-state index in [1.165, 1.54) is 57.3 Å². The Kier molecular flexibility index (Phi) is 8.64. The topological polar surface area (TPSA) is 45.2 Å². The quantitative estimate of drug-likeness (QED) is 0.539. The van der Waals surface area contributed by atoms with Gasteiger partial charge in [0, 0.05) is 45.8 Å². The van der Waals surface area contributed by atoms with E-state index >= 15 is 0 Å². The Morgan fingerprint density at radius 1 is 0.914 bits per heavy atom. The van der Waals surface area contributed by atoms with E-state index in [4.69, 9.17) is 9.47 Å². The van der Waals surface area contributed by atoms with Crippen molar-refractivity contribution in [3.63, 3.8) is 0 Å². The molecule has 2 aliphatic heterocycles. The molecule has 4 rings (SSSR count). The Labute approximate surface area is 212 Å². The van der Waals surface area contributed by atoms with E-state index in [1.54, 1.807) is 7.11 Å². The standard InChI is InChI=1S/C29H47N3O3/c1-28(2,3)35-27(33)32-17-14-29(15-18-32)12-9-24(10-13-29)11-16-30-19-21-31(22-20-30)23-25-5-7-26(34-4)8-6-25/h5-8,24H,9-23H2,1-4H3. The molecule has 0 unspecified atom stereocenters. The first-order chi connectivity index (χ1) is 16.7. The lowest BCUT2D eigenvalue weighted by Gasteiger charge is -2.46. The molecule has 1 spiro atoms. The molecule has 1 aliphatic carbocycles. The maximum Gasteiger partial charge on any atom is 0.410 e. The molecule has 35 heavy (non-hydrogen) atoms. The normalized spacial score (nSPS) is 22.3. The van der Waals surface area contributed by atoms with E-state index in [2.05, 4.69) is 34.1 Å². The molecule has 3 aliphatic rings. The number of piperazine rings is 1. The number of hydrogen-bond acceptors (Lipinski definition) is 5. The molecule has 1 amide bonds. The summed E-state index contributed by atoms with van der Waals surface area (Å²) in [5.41, 5.74) is 1.43. The van der Waals surface area contributed by atoms with Crippen molar-refractivity contribution in [1.82, 2.24) is 14.7 Å². The fraction of sp³-hybridized carbons (Fsp3) is 0.759. The summed E-state index contributed by atoms with van der Waals surface area (Å²) in [5, 5.41) is 0. The van der Waals surface area contributed by atoms with Gasteiger partial charge in [-0.1, -0.05) is 12.1 Å². The van der Waals surface area contributed by atoms with Crippen molar-refractivity contribution < 1.29 is 14.3 Å². The number of benzene rings is 1. The zero-order valence-electron chi connectivity index (χ0n) is 22.6. The molecule has 0 aromatic heterocycles. The molecule has 6 heteroatoms. The van der Waals surface area contributed by atoms with E-state index in [0.29, 0.717) is 5.41 Å². The number of nitrogens with zero attached hydrogens (tertiary/aromatic N) is 3. The third-order valence-electron chi connectivity index (χ3n) is 8.53. The van der Waals surface area contributed by atoms with Gasteiger partial charge in [0.15, 0.2) is 0 Å². The predicted octanol–water partition coefficient (Wildman–Crippen LogP) is 5.41. The number of rotatable bonds is 6. The van der Waals surface area contributed by atoms with Gasteiger partial charge in [-0.3, -0.25) is 4.90 Å². The predicted molar refractivity (Wildman–Crippen MR) is 141 cm³/mol. The summed E-state index contributed by atoms with van der Waals surface area (Å²) in [6.45, 7) is 14.5. The number of hydrogen-bond donors (Lipinski definition) is 0. The number of carbonyl (C=O) groups excluding carboxylic acids is 1. The van der Waals surface area contributed by atoms with Gasteiger partial charge in [-0.05, 0) is 101 Å². The zero-order chi connectivity index (χ0) is 24.9. The molecule has 1 aromatic rings. The SMILES string of the molecule is COc1ccc(CN2CCN(CCC3CCC4(CC3)CCN(C(=O)OC(C)(C)C)CC4)CC2)cc1. The number of likely N-dealkylation sites (tertiary alicyclic amines) is 1. The summed E-state index contributed by atoms with van der Waals surface area (Å²) in [6, 6.07) is 8.49. The van der Waals surface area contributed by atoms with Gasteiger partial charge in [0.2, 0.25) is 0 Å². The molecule has 2 heterocycles. The molecular formula is C29H47N3O3. The van der Waals surface area contributed by atoms with Crippen molar-refractivity contribution in [3.8, 4) is 5.75 Å². The van der Waals surface area contributed by atoms with Crippen molar-refractivity contribution >= 4 is 6.09 Å². The average Bonchev–Trinajstić information content (AvgIpc) is 2.84. The first-order valence-corrected chi connectivity index (χ1v) is 13.8. The van der Waals surface area contributed by atoms with Crippen LogP contribution in [0.1, 0.15) is 71.3 Å². The van der Waals surface area contributed by atoms with Gasteiger partial charge in [-0.15, -0.1) is 0 Å². The highest BCUT2D eigenvalue weighted by Crippen LogP contribution is 2.47. The molecule has 2 saturated heterocycles. The van der Waals surface area contributed by atoms with Crippen LogP contribution in [0.25, 0.3) is 0 Å². The van der Waals surface area contributed by atoms with E-state index in [9.17, 15) is 4.79 Å².